The zero-order valence-corrected chi connectivity index (χ0v) is 25.7. The van der Waals surface area contributed by atoms with E-state index in [2.05, 4.69) is 50.8 Å². The van der Waals surface area contributed by atoms with Crippen LogP contribution in [0.1, 0.15) is 42.9 Å². The van der Waals surface area contributed by atoms with Crippen molar-refractivity contribution >= 4 is 34.8 Å². The fourth-order valence-corrected chi connectivity index (χ4v) is 6.42. The molecule has 0 saturated carbocycles. The summed E-state index contributed by atoms with van der Waals surface area (Å²) in [6.07, 6.45) is 3.69. The highest BCUT2D eigenvalue weighted by Gasteiger charge is 2.34. The molecule has 12 nitrogen and oxygen atoms in total. The standard InChI is InChI=1S/C31H46N10O2/c1-5-25-31(41-19-21(3)40(20-26(41)32)27(42)6-2)36-30(28(35-25)29(33)43)34-22-7-9-23(10-8-22)38-13-11-24(12-14-38)39-17-15-37(4)16-18-39/h6-10,21,24,26H,2,5,11-20,32H2,1,3-4H3,(H2,33,43)(H,34,36)/t21-,26-/m0/s1. The molecule has 3 fully saturated rings. The third kappa shape index (κ3) is 6.76. The second-order valence-electron chi connectivity index (χ2n) is 11.9. The van der Waals surface area contributed by atoms with Crippen LogP contribution in [0.4, 0.5) is 23.0 Å². The van der Waals surface area contributed by atoms with Gasteiger partial charge in [0.15, 0.2) is 17.3 Å². The van der Waals surface area contributed by atoms with Gasteiger partial charge in [-0.3, -0.25) is 14.5 Å². The van der Waals surface area contributed by atoms with E-state index in [0.717, 1.165) is 45.0 Å². The van der Waals surface area contributed by atoms with Crippen LogP contribution < -0.4 is 26.6 Å². The van der Waals surface area contributed by atoms with Crippen molar-refractivity contribution in [2.24, 2.45) is 11.5 Å². The third-order valence-corrected chi connectivity index (χ3v) is 9.04. The van der Waals surface area contributed by atoms with Gasteiger partial charge in [0.2, 0.25) is 5.91 Å². The Morgan fingerprint density at radius 2 is 1.72 bits per heavy atom. The van der Waals surface area contributed by atoms with E-state index in [9.17, 15) is 9.59 Å². The highest BCUT2D eigenvalue weighted by molar-refractivity contribution is 5.96. The van der Waals surface area contributed by atoms with Crippen molar-refractivity contribution < 1.29 is 9.59 Å². The van der Waals surface area contributed by atoms with Gasteiger partial charge in [0, 0.05) is 69.3 Å². The Balaban J connectivity index is 1.30. The average molecular weight is 591 g/mol. The van der Waals surface area contributed by atoms with E-state index in [0.29, 0.717) is 37.1 Å². The molecule has 12 heteroatoms. The highest BCUT2D eigenvalue weighted by Crippen LogP contribution is 2.30. The third-order valence-electron chi connectivity index (χ3n) is 9.04. The molecule has 4 heterocycles. The van der Waals surface area contributed by atoms with Crippen LogP contribution in [0.2, 0.25) is 0 Å². The van der Waals surface area contributed by atoms with Crippen molar-refractivity contribution in [1.29, 1.82) is 0 Å². The molecule has 0 unspecified atom stereocenters. The predicted molar refractivity (Wildman–Crippen MR) is 171 cm³/mol. The number of aryl methyl sites for hydroxylation is 1. The van der Waals surface area contributed by atoms with Crippen LogP contribution >= 0.6 is 0 Å². The smallest absolute Gasteiger partial charge is 0.271 e. The molecule has 0 radical (unpaired) electrons. The maximum absolute atomic E-state index is 12.4. The number of rotatable bonds is 8. The number of amides is 2. The van der Waals surface area contributed by atoms with Crippen molar-refractivity contribution in [3.8, 4) is 0 Å². The minimum absolute atomic E-state index is 0.0812. The lowest BCUT2D eigenvalue weighted by Gasteiger charge is -2.44. The average Bonchev–Trinajstić information content (AvgIpc) is 3.02. The van der Waals surface area contributed by atoms with Gasteiger partial charge in [-0.2, -0.15) is 0 Å². The molecule has 5 N–H and O–H groups in total. The Hall–Kier alpha value is -3.74. The lowest BCUT2D eigenvalue weighted by atomic mass is 10.0. The molecule has 3 aliphatic rings. The van der Waals surface area contributed by atoms with E-state index in [1.807, 2.05) is 30.9 Å². The number of nitrogens with zero attached hydrogens (tertiary/aromatic N) is 7. The molecule has 0 bridgehead atoms. The van der Waals surface area contributed by atoms with E-state index in [1.54, 1.807) is 4.90 Å². The zero-order chi connectivity index (χ0) is 30.7. The van der Waals surface area contributed by atoms with E-state index in [1.165, 1.54) is 24.6 Å². The second-order valence-corrected chi connectivity index (χ2v) is 11.9. The molecule has 0 spiro atoms. The number of anilines is 4. The van der Waals surface area contributed by atoms with Crippen molar-refractivity contribution in [2.75, 3.05) is 74.5 Å². The zero-order valence-electron chi connectivity index (χ0n) is 25.7. The number of benzene rings is 1. The first kappa shape index (κ1) is 30.7. The summed E-state index contributed by atoms with van der Waals surface area (Å²) in [5.74, 6) is 0.0543. The van der Waals surface area contributed by atoms with Crippen LogP contribution in [0, 0.1) is 0 Å². The second kappa shape index (κ2) is 13.3. The van der Waals surface area contributed by atoms with Crippen LogP contribution in [0.25, 0.3) is 0 Å². The van der Waals surface area contributed by atoms with Crippen molar-refractivity contribution in [3.05, 3.63) is 48.3 Å². The normalized spacial score (nSPS) is 22.5. The number of nitrogens with one attached hydrogen (secondary N) is 1. The molecule has 43 heavy (non-hydrogen) atoms. The number of carbonyl (C=O) groups is 2. The Kier molecular flexibility index (Phi) is 9.48. The van der Waals surface area contributed by atoms with Crippen molar-refractivity contribution in [2.45, 2.75) is 51.4 Å². The molecule has 2 aromatic rings. The van der Waals surface area contributed by atoms with Crippen LogP contribution in [0.15, 0.2) is 36.9 Å². The fraction of sp³-hybridized carbons (Fsp3) is 0.548. The SMILES string of the molecule is C=CC(=O)N1C[C@@H](N)N(c2nc(Nc3ccc(N4CCC(N5CCN(C)CC5)CC4)cc3)c(C(N)=O)nc2CC)C[C@@H]1C. The molecule has 5 rings (SSSR count). The quantitative estimate of drug-likeness (QED) is 0.389. The molecular weight excluding hydrogens is 544 g/mol. The van der Waals surface area contributed by atoms with Gasteiger partial charge >= 0.3 is 0 Å². The maximum atomic E-state index is 12.4. The summed E-state index contributed by atoms with van der Waals surface area (Å²) in [4.78, 5) is 45.4. The number of likely N-dealkylation sites (N-methyl/N-ethyl adjacent to an activating group) is 1. The van der Waals surface area contributed by atoms with Gasteiger partial charge in [-0.1, -0.05) is 13.5 Å². The van der Waals surface area contributed by atoms with Gasteiger partial charge in [0.25, 0.3) is 5.91 Å². The van der Waals surface area contributed by atoms with Gasteiger partial charge in [0.05, 0.1) is 18.4 Å². The predicted octanol–water partition coefficient (Wildman–Crippen LogP) is 1.61. The van der Waals surface area contributed by atoms with Crippen LogP contribution in [-0.2, 0) is 11.2 Å². The van der Waals surface area contributed by atoms with E-state index < -0.39 is 12.1 Å². The molecule has 2 atom stereocenters. The summed E-state index contributed by atoms with van der Waals surface area (Å²) >= 11 is 0. The number of piperidine rings is 1. The largest absolute Gasteiger partial charge is 0.371 e. The van der Waals surface area contributed by atoms with Gasteiger partial charge in [-0.25, -0.2) is 9.97 Å². The number of piperazine rings is 2. The highest BCUT2D eigenvalue weighted by atomic mass is 16.2. The Morgan fingerprint density at radius 1 is 1.05 bits per heavy atom. The van der Waals surface area contributed by atoms with Crippen LogP contribution in [0.5, 0.6) is 0 Å². The number of aromatic nitrogens is 2. The van der Waals surface area contributed by atoms with Crippen LogP contribution in [-0.4, -0.2) is 114 Å². The molecule has 0 aliphatic carbocycles. The molecule has 232 valence electrons. The summed E-state index contributed by atoms with van der Waals surface area (Å²) in [6, 6.07) is 8.75. The van der Waals surface area contributed by atoms with Gasteiger partial charge in [0.1, 0.15) is 0 Å². The minimum atomic E-state index is -0.657. The van der Waals surface area contributed by atoms with Crippen molar-refractivity contribution in [1.82, 2.24) is 24.7 Å². The Bertz CT molecular complexity index is 1300. The maximum Gasteiger partial charge on any atom is 0.271 e. The van der Waals surface area contributed by atoms with Crippen molar-refractivity contribution in [3.63, 3.8) is 0 Å². The van der Waals surface area contributed by atoms with Crippen LogP contribution in [0.3, 0.4) is 0 Å². The summed E-state index contributed by atoms with van der Waals surface area (Å²) in [6.45, 7) is 15.0. The molecular formula is C31H46N10O2. The summed E-state index contributed by atoms with van der Waals surface area (Å²) in [7, 11) is 2.20. The Morgan fingerprint density at radius 3 is 2.33 bits per heavy atom. The number of primary amides is 1. The monoisotopic (exact) mass is 590 g/mol. The minimum Gasteiger partial charge on any atom is -0.371 e. The molecule has 2 amide bonds. The van der Waals surface area contributed by atoms with Gasteiger partial charge < -0.3 is 36.4 Å². The van der Waals surface area contributed by atoms with E-state index in [-0.39, 0.29) is 23.5 Å². The Labute approximate surface area is 254 Å². The molecule has 1 aromatic heterocycles. The fourth-order valence-electron chi connectivity index (χ4n) is 6.42. The summed E-state index contributed by atoms with van der Waals surface area (Å²) < 4.78 is 0. The van der Waals surface area contributed by atoms with E-state index in [4.69, 9.17) is 16.5 Å². The number of hydrogen-bond acceptors (Lipinski definition) is 10. The number of carbonyl (C=O) groups excluding carboxylic acids is 2. The van der Waals surface area contributed by atoms with Gasteiger partial charge in [-0.05, 0) is 63.6 Å². The van der Waals surface area contributed by atoms with E-state index >= 15 is 0 Å². The lowest BCUT2D eigenvalue weighted by Crippen LogP contribution is -2.62. The molecule has 3 saturated heterocycles. The summed E-state index contributed by atoms with van der Waals surface area (Å²) in [5, 5.41) is 3.28. The lowest BCUT2D eigenvalue weighted by molar-refractivity contribution is -0.128. The summed E-state index contributed by atoms with van der Waals surface area (Å²) in [5.41, 5.74) is 14.9. The molecule has 3 aliphatic heterocycles. The number of nitrogens with two attached hydrogens (primary N) is 2. The molecule has 1 aromatic carbocycles. The topological polar surface area (TPSA) is 140 Å². The first-order chi connectivity index (χ1) is 20.7. The van der Waals surface area contributed by atoms with Gasteiger partial charge in [-0.15, -0.1) is 0 Å². The first-order valence-corrected chi connectivity index (χ1v) is 15.4. The number of hydrogen-bond donors (Lipinski definition) is 3. The first-order valence-electron chi connectivity index (χ1n) is 15.4.